The van der Waals surface area contributed by atoms with Gasteiger partial charge in [-0.2, -0.15) is 0 Å². The molecule has 5 atom stereocenters. The van der Waals surface area contributed by atoms with Gasteiger partial charge in [0.25, 0.3) is 0 Å². The molecule has 0 aliphatic carbocycles. The molecule has 176 valence electrons. The maximum absolute atomic E-state index is 13.4. The van der Waals surface area contributed by atoms with E-state index in [2.05, 4.69) is 5.32 Å². The number of carboxylic acids is 1. The average molecular weight is 447 g/mol. The van der Waals surface area contributed by atoms with Crippen LogP contribution in [0.1, 0.15) is 51.5 Å². The number of carbonyl (C=O) groups is 3. The van der Waals surface area contributed by atoms with Crippen molar-refractivity contribution in [3.8, 4) is 0 Å². The van der Waals surface area contributed by atoms with E-state index in [0.29, 0.717) is 26.2 Å². The minimum Gasteiger partial charge on any atom is -0.480 e. The second kappa shape index (κ2) is 10.4. The lowest BCUT2D eigenvalue weighted by Crippen LogP contribution is -2.60. The van der Waals surface area contributed by atoms with Crippen molar-refractivity contribution in [3.05, 3.63) is 35.9 Å². The van der Waals surface area contributed by atoms with Crippen LogP contribution in [0.5, 0.6) is 0 Å². The highest BCUT2D eigenvalue weighted by Gasteiger charge is 2.47. The Hall–Kier alpha value is -2.45. The molecule has 2 saturated heterocycles. The van der Waals surface area contributed by atoms with Crippen molar-refractivity contribution < 1.29 is 29.0 Å². The molecule has 0 bridgehead atoms. The van der Waals surface area contributed by atoms with Gasteiger partial charge in [0.15, 0.2) is 0 Å². The Kier molecular flexibility index (Phi) is 7.90. The summed E-state index contributed by atoms with van der Waals surface area (Å²) in [6.45, 7) is 7.09. The zero-order valence-corrected chi connectivity index (χ0v) is 19.1. The number of piperidine rings is 1. The minimum atomic E-state index is -1.00. The van der Waals surface area contributed by atoms with E-state index in [-0.39, 0.29) is 23.8 Å². The maximum Gasteiger partial charge on any atom is 0.326 e. The predicted octanol–water partition coefficient (Wildman–Crippen LogP) is 2.18. The third kappa shape index (κ3) is 5.30. The topological polar surface area (TPSA) is 105 Å². The first-order chi connectivity index (χ1) is 15.3. The molecule has 2 heterocycles. The molecule has 3 rings (SSSR count). The molecule has 2 aliphatic heterocycles. The van der Waals surface area contributed by atoms with Crippen molar-refractivity contribution in [2.24, 2.45) is 5.41 Å². The van der Waals surface area contributed by atoms with Crippen LogP contribution in [0.2, 0.25) is 0 Å². The van der Waals surface area contributed by atoms with E-state index in [0.717, 1.165) is 18.4 Å². The largest absolute Gasteiger partial charge is 0.480 e. The summed E-state index contributed by atoms with van der Waals surface area (Å²) < 4.78 is 10.8. The number of benzene rings is 1. The van der Waals surface area contributed by atoms with Crippen LogP contribution in [0, 0.1) is 5.41 Å². The summed E-state index contributed by atoms with van der Waals surface area (Å²) in [7, 11) is 0. The summed E-state index contributed by atoms with van der Waals surface area (Å²) in [6.07, 6.45) is 1.95. The summed E-state index contributed by atoms with van der Waals surface area (Å²) in [4.78, 5) is 39.5. The number of esters is 1. The molecule has 8 nitrogen and oxygen atoms in total. The summed E-state index contributed by atoms with van der Waals surface area (Å²) in [6, 6.07) is 7.20. The fraction of sp³-hybridized carbons (Fsp3) is 0.625. The van der Waals surface area contributed by atoms with E-state index in [4.69, 9.17) is 9.47 Å². The predicted molar refractivity (Wildman–Crippen MR) is 118 cm³/mol. The second-order valence-corrected chi connectivity index (χ2v) is 8.98. The van der Waals surface area contributed by atoms with Crippen LogP contribution in [0.4, 0.5) is 0 Å². The monoisotopic (exact) mass is 446 g/mol. The molecule has 1 amide bonds. The van der Waals surface area contributed by atoms with Gasteiger partial charge < -0.3 is 19.5 Å². The van der Waals surface area contributed by atoms with Gasteiger partial charge >= 0.3 is 11.9 Å². The number of nitrogens with one attached hydrogen (secondary N) is 1. The number of likely N-dealkylation sites (tertiary alicyclic amines) is 1. The van der Waals surface area contributed by atoms with Crippen molar-refractivity contribution in [1.82, 2.24) is 10.2 Å². The number of ether oxygens (including phenoxy) is 2. The standard InChI is InChI=1S/C24H34N2O6/c1-4-32-23(30)20(16(2)18-8-6-5-7-9-18)25-17(3)21(27)26-14-24(12-13-31-15-24)11-10-19(26)22(28)29/h5-9,16-17,19-20,25H,4,10-15H2,1-3H3,(H,28,29)/t16?,17-,19?,20?,24?/m0/s1. The SMILES string of the molecule is CCOC(=O)C(N[C@@H](C)C(=O)N1CC2(CCOC2)CCC1C(=O)O)C(C)c1ccccc1. The van der Waals surface area contributed by atoms with Crippen molar-refractivity contribution in [3.63, 3.8) is 0 Å². The van der Waals surface area contributed by atoms with E-state index in [9.17, 15) is 19.5 Å². The first-order valence-corrected chi connectivity index (χ1v) is 11.4. The molecule has 0 aromatic heterocycles. The summed E-state index contributed by atoms with van der Waals surface area (Å²) >= 11 is 0. The Bertz CT molecular complexity index is 808. The van der Waals surface area contributed by atoms with Crippen molar-refractivity contribution in [2.45, 2.75) is 64.1 Å². The summed E-state index contributed by atoms with van der Waals surface area (Å²) in [5, 5.41) is 12.9. The molecule has 2 N–H and O–H groups in total. The highest BCUT2D eigenvalue weighted by molar-refractivity contribution is 5.88. The molecule has 8 heteroatoms. The van der Waals surface area contributed by atoms with Gasteiger partial charge in [0.2, 0.25) is 5.91 Å². The van der Waals surface area contributed by atoms with Gasteiger partial charge in [0.1, 0.15) is 12.1 Å². The fourth-order valence-corrected chi connectivity index (χ4v) is 4.80. The molecule has 0 radical (unpaired) electrons. The first-order valence-electron chi connectivity index (χ1n) is 11.4. The van der Waals surface area contributed by atoms with E-state index in [1.54, 1.807) is 13.8 Å². The molecular formula is C24H34N2O6. The van der Waals surface area contributed by atoms with E-state index >= 15 is 0 Å². The average Bonchev–Trinajstić information content (AvgIpc) is 3.24. The third-order valence-electron chi connectivity index (χ3n) is 6.75. The molecule has 2 aliphatic rings. The Morgan fingerprint density at radius 3 is 2.56 bits per heavy atom. The van der Waals surface area contributed by atoms with Crippen LogP contribution in [0.25, 0.3) is 0 Å². The van der Waals surface area contributed by atoms with Gasteiger partial charge in [-0.3, -0.25) is 14.9 Å². The molecule has 2 fully saturated rings. The van der Waals surface area contributed by atoms with Gasteiger partial charge in [-0.15, -0.1) is 0 Å². The number of rotatable bonds is 8. The van der Waals surface area contributed by atoms with Crippen LogP contribution in [0.15, 0.2) is 30.3 Å². The quantitative estimate of drug-likeness (QED) is 0.590. The van der Waals surface area contributed by atoms with E-state index < -0.39 is 30.1 Å². The number of carboxylic acid groups (broad SMARTS) is 1. The molecule has 32 heavy (non-hydrogen) atoms. The number of carbonyl (C=O) groups excluding carboxylic acids is 2. The van der Waals surface area contributed by atoms with Crippen LogP contribution < -0.4 is 5.32 Å². The van der Waals surface area contributed by atoms with Crippen LogP contribution in [-0.2, 0) is 23.9 Å². The molecule has 1 aromatic rings. The highest BCUT2D eigenvalue weighted by atomic mass is 16.5. The lowest BCUT2D eigenvalue weighted by Gasteiger charge is -2.44. The highest BCUT2D eigenvalue weighted by Crippen LogP contribution is 2.40. The van der Waals surface area contributed by atoms with Gasteiger partial charge in [-0.25, -0.2) is 4.79 Å². The number of hydrogen-bond acceptors (Lipinski definition) is 6. The van der Waals surface area contributed by atoms with Crippen LogP contribution in [-0.4, -0.2) is 72.3 Å². The van der Waals surface area contributed by atoms with E-state index in [1.165, 1.54) is 4.90 Å². The van der Waals surface area contributed by atoms with Gasteiger partial charge in [0.05, 0.1) is 19.3 Å². The fourth-order valence-electron chi connectivity index (χ4n) is 4.80. The summed E-state index contributed by atoms with van der Waals surface area (Å²) in [5.74, 6) is -1.99. The van der Waals surface area contributed by atoms with Gasteiger partial charge in [0, 0.05) is 24.5 Å². The van der Waals surface area contributed by atoms with Crippen molar-refractivity contribution in [2.75, 3.05) is 26.4 Å². The molecule has 4 unspecified atom stereocenters. The number of aliphatic carboxylic acids is 1. The lowest BCUT2D eigenvalue weighted by atomic mass is 9.77. The number of amides is 1. The second-order valence-electron chi connectivity index (χ2n) is 8.98. The molecule has 1 spiro atoms. The van der Waals surface area contributed by atoms with Crippen LogP contribution >= 0.6 is 0 Å². The van der Waals surface area contributed by atoms with Crippen molar-refractivity contribution in [1.29, 1.82) is 0 Å². The van der Waals surface area contributed by atoms with Crippen LogP contribution in [0.3, 0.4) is 0 Å². The Labute approximate surface area is 189 Å². The first kappa shape index (κ1) is 24.2. The Balaban J connectivity index is 1.78. The lowest BCUT2D eigenvalue weighted by molar-refractivity contribution is -0.157. The summed E-state index contributed by atoms with van der Waals surface area (Å²) in [5.41, 5.74) is 0.764. The third-order valence-corrected chi connectivity index (χ3v) is 6.75. The zero-order valence-electron chi connectivity index (χ0n) is 19.1. The molecular weight excluding hydrogens is 412 g/mol. The number of nitrogens with zero attached hydrogens (tertiary/aromatic N) is 1. The van der Waals surface area contributed by atoms with Gasteiger partial charge in [-0.1, -0.05) is 37.3 Å². The Morgan fingerprint density at radius 1 is 1.25 bits per heavy atom. The van der Waals surface area contributed by atoms with Gasteiger partial charge in [-0.05, 0) is 38.7 Å². The van der Waals surface area contributed by atoms with E-state index in [1.807, 2.05) is 37.3 Å². The normalized spacial score (nSPS) is 25.8. The van der Waals surface area contributed by atoms with Crippen molar-refractivity contribution >= 4 is 17.8 Å². The smallest absolute Gasteiger partial charge is 0.326 e. The number of hydrogen-bond donors (Lipinski definition) is 2. The molecule has 0 saturated carbocycles. The maximum atomic E-state index is 13.4. The minimum absolute atomic E-state index is 0.181. The Morgan fingerprint density at radius 2 is 1.97 bits per heavy atom. The zero-order chi connectivity index (χ0) is 23.3. The molecule has 1 aromatic carbocycles.